The van der Waals surface area contributed by atoms with Crippen LogP contribution >= 0.6 is 11.6 Å². The number of tetrazole rings is 1. The molecule has 1 aromatic heterocycles. The maximum absolute atomic E-state index is 13.5. The molecule has 1 amide bonds. The molecule has 0 radical (unpaired) electrons. The minimum absolute atomic E-state index is 0.225. The SMILES string of the molecule is CC(NC(=O)c1cc(F)c(Cl)cc1F)c1nn[nH]n1. The monoisotopic (exact) mass is 287 g/mol. The second-order valence-electron chi connectivity index (χ2n) is 3.71. The van der Waals surface area contributed by atoms with Gasteiger partial charge in [-0.25, -0.2) is 8.78 Å². The lowest BCUT2D eigenvalue weighted by Crippen LogP contribution is -2.28. The van der Waals surface area contributed by atoms with E-state index in [2.05, 4.69) is 25.9 Å². The van der Waals surface area contributed by atoms with Crippen molar-refractivity contribution < 1.29 is 13.6 Å². The van der Waals surface area contributed by atoms with Gasteiger partial charge in [0.15, 0.2) is 5.82 Å². The van der Waals surface area contributed by atoms with Crippen LogP contribution in [0.1, 0.15) is 29.1 Å². The first-order chi connectivity index (χ1) is 8.99. The van der Waals surface area contributed by atoms with Crippen LogP contribution in [0.15, 0.2) is 12.1 Å². The summed E-state index contributed by atoms with van der Waals surface area (Å²) in [7, 11) is 0. The Morgan fingerprint density at radius 2 is 2.16 bits per heavy atom. The van der Waals surface area contributed by atoms with E-state index >= 15 is 0 Å². The van der Waals surface area contributed by atoms with Crippen LogP contribution in [0.2, 0.25) is 5.02 Å². The number of aromatic amines is 1. The van der Waals surface area contributed by atoms with E-state index in [1.807, 2.05) is 0 Å². The van der Waals surface area contributed by atoms with Gasteiger partial charge in [0.2, 0.25) is 0 Å². The molecule has 2 rings (SSSR count). The Balaban J connectivity index is 2.19. The molecule has 2 N–H and O–H groups in total. The first-order valence-electron chi connectivity index (χ1n) is 5.17. The molecule has 0 aliphatic carbocycles. The Morgan fingerprint density at radius 3 is 2.79 bits per heavy atom. The van der Waals surface area contributed by atoms with Gasteiger partial charge in [0.25, 0.3) is 5.91 Å². The van der Waals surface area contributed by atoms with Gasteiger partial charge in [-0.05, 0) is 19.1 Å². The van der Waals surface area contributed by atoms with Gasteiger partial charge in [-0.2, -0.15) is 5.21 Å². The highest BCUT2D eigenvalue weighted by molar-refractivity contribution is 6.30. The molecule has 2 aromatic rings. The number of hydrogen-bond acceptors (Lipinski definition) is 4. The van der Waals surface area contributed by atoms with Crippen molar-refractivity contribution in [2.45, 2.75) is 13.0 Å². The summed E-state index contributed by atoms with van der Waals surface area (Å²) in [6.45, 7) is 1.58. The Labute approximate surface area is 111 Å². The normalized spacial score (nSPS) is 12.2. The third-order valence-electron chi connectivity index (χ3n) is 2.35. The molecule has 1 heterocycles. The van der Waals surface area contributed by atoms with E-state index in [9.17, 15) is 13.6 Å². The van der Waals surface area contributed by atoms with Crippen LogP contribution in [0, 0.1) is 11.6 Å². The fraction of sp³-hybridized carbons (Fsp3) is 0.200. The summed E-state index contributed by atoms with van der Waals surface area (Å²) >= 11 is 5.40. The molecular formula is C10H8ClF2N5O. The van der Waals surface area contributed by atoms with Crippen molar-refractivity contribution in [3.05, 3.63) is 40.2 Å². The van der Waals surface area contributed by atoms with Gasteiger partial charge < -0.3 is 5.32 Å². The van der Waals surface area contributed by atoms with Crippen LogP contribution < -0.4 is 5.32 Å². The molecular weight excluding hydrogens is 280 g/mol. The molecule has 0 saturated heterocycles. The van der Waals surface area contributed by atoms with Crippen LogP contribution in [0.5, 0.6) is 0 Å². The highest BCUT2D eigenvalue weighted by atomic mass is 35.5. The Bertz CT molecular complexity index is 604. The van der Waals surface area contributed by atoms with E-state index in [4.69, 9.17) is 11.6 Å². The van der Waals surface area contributed by atoms with Crippen molar-refractivity contribution in [2.24, 2.45) is 0 Å². The van der Waals surface area contributed by atoms with Crippen LogP contribution in [0.4, 0.5) is 8.78 Å². The maximum atomic E-state index is 13.5. The molecule has 1 aromatic carbocycles. The number of carbonyl (C=O) groups is 1. The van der Waals surface area contributed by atoms with Crippen LogP contribution in [-0.4, -0.2) is 26.5 Å². The smallest absolute Gasteiger partial charge is 0.254 e. The number of H-pyrrole nitrogens is 1. The largest absolute Gasteiger partial charge is 0.342 e. The fourth-order valence-electron chi connectivity index (χ4n) is 1.39. The standard InChI is InChI=1S/C10H8ClF2N5O/c1-4(9-15-17-18-16-9)14-10(19)5-2-8(13)6(11)3-7(5)12/h2-4H,1H3,(H,14,19)(H,15,16,17,18). The molecule has 9 heteroatoms. The van der Waals surface area contributed by atoms with Gasteiger partial charge in [0.05, 0.1) is 16.6 Å². The van der Waals surface area contributed by atoms with Gasteiger partial charge in [-0.3, -0.25) is 4.79 Å². The predicted octanol–water partition coefficient (Wildman–Crippen LogP) is 1.62. The molecule has 1 unspecified atom stereocenters. The summed E-state index contributed by atoms with van der Waals surface area (Å²) in [4.78, 5) is 11.8. The van der Waals surface area contributed by atoms with Gasteiger partial charge in [0.1, 0.15) is 11.6 Å². The highest BCUT2D eigenvalue weighted by Gasteiger charge is 2.19. The zero-order valence-electron chi connectivity index (χ0n) is 9.62. The van der Waals surface area contributed by atoms with Crippen LogP contribution in [0.25, 0.3) is 0 Å². The van der Waals surface area contributed by atoms with Gasteiger partial charge >= 0.3 is 0 Å². The number of nitrogens with one attached hydrogen (secondary N) is 2. The van der Waals surface area contributed by atoms with Gasteiger partial charge in [-0.15, -0.1) is 10.2 Å². The first kappa shape index (κ1) is 13.3. The molecule has 19 heavy (non-hydrogen) atoms. The molecule has 0 aliphatic rings. The van der Waals surface area contributed by atoms with Crippen molar-refractivity contribution in [3.63, 3.8) is 0 Å². The summed E-state index contributed by atoms with van der Waals surface area (Å²) in [6.07, 6.45) is 0. The van der Waals surface area contributed by atoms with Crippen molar-refractivity contribution in [2.75, 3.05) is 0 Å². The minimum Gasteiger partial charge on any atom is -0.342 e. The molecule has 0 fully saturated rings. The maximum Gasteiger partial charge on any atom is 0.254 e. The molecule has 1 atom stereocenters. The quantitative estimate of drug-likeness (QED) is 0.840. The zero-order chi connectivity index (χ0) is 14.0. The van der Waals surface area contributed by atoms with E-state index in [1.165, 1.54) is 0 Å². The number of aromatic nitrogens is 4. The second kappa shape index (κ2) is 5.27. The van der Waals surface area contributed by atoms with Crippen LogP contribution in [-0.2, 0) is 0 Å². The summed E-state index contributed by atoms with van der Waals surface area (Å²) in [5, 5.41) is 14.9. The number of nitrogens with zero attached hydrogens (tertiary/aromatic N) is 3. The molecule has 100 valence electrons. The lowest BCUT2D eigenvalue weighted by molar-refractivity contribution is 0.0933. The summed E-state index contributed by atoms with van der Waals surface area (Å²) in [6, 6.07) is 0.866. The lowest BCUT2D eigenvalue weighted by Gasteiger charge is -2.10. The molecule has 0 spiro atoms. The second-order valence-corrected chi connectivity index (χ2v) is 4.12. The lowest BCUT2D eigenvalue weighted by atomic mass is 10.1. The van der Waals surface area contributed by atoms with Crippen molar-refractivity contribution in [1.29, 1.82) is 0 Å². The first-order valence-corrected chi connectivity index (χ1v) is 5.55. The van der Waals surface area contributed by atoms with Crippen molar-refractivity contribution >= 4 is 17.5 Å². The Morgan fingerprint density at radius 1 is 1.42 bits per heavy atom. The topological polar surface area (TPSA) is 83.6 Å². The fourth-order valence-corrected chi connectivity index (χ4v) is 1.54. The number of benzene rings is 1. The van der Waals surface area contributed by atoms with Gasteiger partial charge in [0, 0.05) is 0 Å². The highest BCUT2D eigenvalue weighted by Crippen LogP contribution is 2.19. The number of rotatable bonds is 3. The molecule has 0 bridgehead atoms. The molecule has 0 aliphatic heterocycles. The summed E-state index contributed by atoms with van der Waals surface area (Å²) in [5.41, 5.74) is -0.447. The van der Waals surface area contributed by atoms with E-state index in [1.54, 1.807) is 6.92 Å². The van der Waals surface area contributed by atoms with E-state index in [-0.39, 0.29) is 10.8 Å². The van der Waals surface area contributed by atoms with Crippen molar-refractivity contribution in [3.8, 4) is 0 Å². The van der Waals surface area contributed by atoms with E-state index in [0.717, 1.165) is 12.1 Å². The van der Waals surface area contributed by atoms with Gasteiger partial charge in [-0.1, -0.05) is 16.8 Å². The average molecular weight is 288 g/mol. The number of amides is 1. The van der Waals surface area contributed by atoms with Crippen LogP contribution in [0.3, 0.4) is 0 Å². The zero-order valence-corrected chi connectivity index (χ0v) is 10.4. The Hall–Kier alpha value is -2.09. The van der Waals surface area contributed by atoms with Crippen molar-refractivity contribution in [1.82, 2.24) is 25.9 Å². The molecule has 0 saturated carbocycles. The summed E-state index contributed by atoms with van der Waals surface area (Å²) < 4.78 is 26.7. The van der Waals surface area contributed by atoms with E-state index in [0.29, 0.717) is 0 Å². The van der Waals surface area contributed by atoms with E-state index < -0.39 is 29.1 Å². The average Bonchev–Trinajstić information content (AvgIpc) is 2.87. The number of carbonyl (C=O) groups excluding carboxylic acids is 1. The molecule has 6 nitrogen and oxygen atoms in total. The minimum atomic E-state index is -0.913. The predicted molar refractivity (Wildman–Crippen MR) is 61.4 cm³/mol. The number of hydrogen-bond donors (Lipinski definition) is 2. The third-order valence-corrected chi connectivity index (χ3v) is 2.64. The summed E-state index contributed by atoms with van der Waals surface area (Å²) in [5.74, 6) is -2.36. The Kier molecular flexibility index (Phi) is 3.70. The third kappa shape index (κ3) is 2.84. The number of halogens is 3.